The molecule has 0 aliphatic heterocycles. The van der Waals surface area contributed by atoms with Crippen LogP contribution in [0, 0.1) is 6.92 Å². The average Bonchev–Trinajstić information content (AvgIpc) is 3.20. The number of carbonyl (C=O) groups is 3. The summed E-state index contributed by atoms with van der Waals surface area (Å²) in [6.45, 7) is 1.88. The number of benzene rings is 2. The van der Waals surface area contributed by atoms with Crippen molar-refractivity contribution in [3.8, 4) is 16.9 Å². The fraction of sp³-hybridized carbons (Fsp3) is 0.208. The predicted molar refractivity (Wildman–Crippen MR) is 126 cm³/mol. The number of rotatable bonds is 8. The summed E-state index contributed by atoms with van der Waals surface area (Å²) in [5, 5.41) is 5.46. The normalized spacial score (nSPS) is 10.5. The van der Waals surface area contributed by atoms with Crippen molar-refractivity contribution in [3.63, 3.8) is 0 Å². The van der Waals surface area contributed by atoms with Gasteiger partial charge in [0.15, 0.2) is 5.78 Å². The van der Waals surface area contributed by atoms with Gasteiger partial charge in [0.25, 0.3) is 0 Å². The minimum atomic E-state index is -0.563. The maximum Gasteiger partial charge on any atom is 0.341 e. The lowest BCUT2D eigenvalue weighted by atomic mass is 10.0. The van der Waals surface area contributed by atoms with Crippen LogP contribution in [0.15, 0.2) is 47.8 Å². The molecule has 1 aromatic heterocycles. The SMILES string of the molecule is COC(=O)c1c(-c2ccc(Cl)cc2)csc1NC(=O)CCC(=O)c1cc(C)ccc1OC. The van der Waals surface area contributed by atoms with Crippen LogP contribution >= 0.6 is 22.9 Å². The lowest BCUT2D eigenvalue weighted by molar-refractivity contribution is -0.116. The number of hydrogen-bond donors (Lipinski definition) is 1. The van der Waals surface area contributed by atoms with E-state index in [1.807, 2.05) is 13.0 Å². The smallest absolute Gasteiger partial charge is 0.341 e. The average molecular weight is 472 g/mol. The highest BCUT2D eigenvalue weighted by molar-refractivity contribution is 7.15. The van der Waals surface area contributed by atoms with E-state index < -0.39 is 5.97 Å². The van der Waals surface area contributed by atoms with Gasteiger partial charge >= 0.3 is 5.97 Å². The first-order valence-electron chi connectivity index (χ1n) is 9.77. The third-order valence-corrected chi connectivity index (χ3v) is 5.97. The molecule has 0 aliphatic carbocycles. The minimum absolute atomic E-state index is 0.00855. The van der Waals surface area contributed by atoms with Crippen LogP contribution in [-0.4, -0.2) is 31.9 Å². The molecule has 0 fully saturated rings. The number of thiophene rings is 1. The molecule has 0 radical (unpaired) electrons. The molecule has 0 aliphatic rings. The zero-order valence-electron chi connectivity index (χ0n) is 17.9. The molecule has 3 rings (SSSR count). The van der Waals surface area contributed by atoms with Crippen molar-refractivity contribution >= 4 is 45.6 Å². The lowest BCUT2D eigenvalue weighted by Gasteiger charge is -2.10. The molecule has 32 heavy (non-hydrogen) atoms. The number of ketones is 1. The van der Waals surface area contributed by atoms with E-state index in [4.69, 9.17) is 21.1 Å². The molecule has 166 valence electrons. The minimum Gasteiger partial charge on any atom is -0.496 e. The van der Waals surface area contributed by atoms with Gasteiger partial charge in [0.1, 0.15) is 16.3 Å². The highest BCUT2D eigenvalue weighted by Crippen LogP contribution is 2.36. The standard InChI is InChI=1S/C24H22ClNO5S/c1-14-4-10-20(30-2)17(12-14)19(27)9-11-21(28)26-23-22(24(29)31-3)18(13-32-23)15-5-7-16(25)8-6-15/h4-8,10,12-13H,9,11H2,1-3H3,(H,26,28). The molecular formula is C24H22ClNO5S. The quantitative estimate of drug-likeness (QED) is 0.333. The highest BCUT2D eigenvalue weighted by atomic mass is 35.5. The summed E-state index contributed by atoms with van der Waals surface area (Å²) in [5.41, 5.74) is 3.04. The number of methoxy groups -OCH3 is 2. The Hall–Kier alpha value is -3.16. The van der Waals surface area contributed by atoms with Gasteiger partial charge in [0.2, 0.25) is 5.91 Å². The molecule has 0 unspecified atom stereocenters. The van der Waals surface area contributed by atoms with Crippen LogP contribution in [0.5, 0.6) is 5.75 Å². The van der Waals surface area contributed by atoms with E-state index in [2.05, 4.69) is 5.32 Å². The number of hydrogen-bond acceptors (Lipinski definition) is 6. The van der Waals surface area contributed by atoms with E-state index in [1.165, 1.54) is 25.6 Å². The number of Topliss-reactive ketones (excluding diaryl/α,β-unsaturated/α-hetero) is 1. The lowest BCUT2D eigenvalue weighted by Crippen LogP contribution is -2.15. The first kappa shape index (κ1) is 23.5. The third kappa shape index (κ3) is 5.36. The highest BCUT2D eigenvalue weighted by Gasteiger charge is 2.23. The van der Waals surface area contributed by atoms with Crippen molar-refractivity contribution < 1.29 is 23.9 Å². The van der Waals surface area contributed by atoms with Crippen molar-refractivity contribution in [3.05, 3.63) is 69.6 Å². The van der Waals surface area contributed by atoms with Crippen LogP contribution in [0.1, 0.15) is 39.1 Å². The van der Waals surface area contributed by atoms with Crippen molar-refractivity contribution in [1.82, 2.24) is 0 Å². The summed E-state index contributed by atoms with van der Waals surface area (Å²) in [5.74, 6) is -0.659. The molecule has 1 amide bonds. The number of amides is 1. The Morgan fingerprint density at radius 3 is 2.41 bits per heavy atom. The Balaban J connectivity index is 1.75. The third-order valence-electron chi connectivity index (χ3n) is 4.82. The Morgan fingerprint density at radius 1 is 1.03 bits per heavy atom. The Labute approximate surface area is 195 Å². The largest absolute Gasteiger partial charge is 0.496 e. The predicted octanol–water partition coefficient (Wildman–Crippen LogP) is 5.77. The molecule has 1 N–H and O–H groups in total. The number of carbonyl (C=O) groups excluding carboxylic acids is 3. The van der Waals surface area contributed by atoms with Crippen molar-refractivity contribution in [1.29, 1.82) is 0 Å². The number of aryl methyl sites for hydroxylation is 1. The summed E-state index contributed by atoms with van der Waals surface area (Å²) in [6, 6.07) is 12.3. The summed E-state index contributed by atoms with van der Waals surface area (Å²) >= 11 is 7.17. The van der Waals surface area contributed by atoms with Gasteiger partial charge in [-0.3, -0.25) is 9.59 Å². The second-order valence-corrected chi connectivity index (χ2v) is 8.34. The summed E-state index contributed by atoms with van der Waals surface area (Å²) in [6.07, 6.45) is -0.0284. The van der Waals surface area contributed by atoms with Gasteiger partial charge in [-0.1, -0.05) is 35.4 Å². The molecule has 0 bridgehead atoms. The van der Waals surface area contributed by atoms with Crippen molar-refractivity contribution in [2.45, 2.75) is 19.8 Å². The molecular weight excluding hydrogens is 450 g/mol. The van der Waals surface area contributed by atoms with Crippen LogP contribution in [0.25, 0.3) is 11.1 Å². The Bertz CT molecular complexity index is 1150. The van der Waals surface area contributed by atoms with E-state index in [-0.39, 0.29) is 30.1 Å². The van der Waals surface area contributed by atoms with Gasteiger partial charge in [0.05, 0.1) is 19.8 Å². The van der Waals surface area contributed by atoms with E-state index in [9.17, 15) is 14.4 Å². The molecule has 2 aromatic carbocycles. The van der Waals surface area contributed by atoms with Crippen LogP contribution in [-0.2, 0) is 9.53 Å². The van der Waals surface area contributed by atoms with Gasteiger partial charge in [-0.15, -0.1) is 11.3 Å². The Morgan fingerprint density at radius 2 is 1.75 bits per heavy atom. The monoisotopic (exact) mass is 471 g/mol. The topological polar surface area (TPSA) is 81.7 Å². The van der Waals surface area contributed by atoms with Gasteiger partial charge in [-0.05, 0) is 36.8 Å². The second kappa shape index (κ2) is 10.4. The van der Waals surface area contributed by atoms with Crippen molar-refractivity contribution in [2.24, 2.45) is 0 Å². The molecule has 0 atom stereocenters. The molecule has 8 heteroatoms. The molecule has 0 saturated heterocycles. The van der Waals surface area contributed by atoms with Gasteiger partial charge < -0.3 is 14.8 Å². The summed E-state index contributed by atoms with van der Waals surface area (Å²) in [7, 11) is 2.78. The first-order valence-corrected chi connectivity index (χ1v) is 11.0. The van der Waals surface area contributed by atoms with Crippen molar-refractivity contribution in [2.75, 3.05) is 19.5 Å². The van der Waals surface area contributed by atoms with Crippen LogP contribution in [0.2, 0.25) is 5.02 Å². The molecule has 1 heterocycles. The fourth-order valence-corrected chi connectivity index (χ4v) is 4.29. The summed E-state index contributed by atoms with van der Waals surface area (Å²) in [4.78, 5) is 37.6. The Kier molecular flexibility index (Phi) is 7.66. The van der Waals surface area contributed by atoms with Crippen LogP contribution < -0.4 is 10.1 Å². The maximum atomic E-state index is 12.6. The maximum absolute atomic E-state index is 12.6. The van der Waals surface area contributed by atoms with Gasteiger partial charge in [0, 0.05) is 28.8 Å². The molecule has 3 aromatic rings. The van der Waals surface area contributed by atoms with E-state index in [0.29, 0.717) is 26.9 Å². The fourth-order valence-electron chi connectivity index (χ4n) is 3.19. The zero-order valence-corrected chi connectivity index (χ0v) is 19.4. The van der Waals surface area contributed by atoms with E-state index in [0.717, 1.165) is 11.1 Å². The van der Waals surface area contributed by atoms with E-state index in [1.54, 1.807) is 41.8 Å². The van der Waals surface area contributed by atoms with Gasteiger partial charge in [-0.25, -0.2) is 4.79 Å². The molecule has 0 saturated carbocycles. The summed E-state index contributed by atoms with van der Waals surface area (Å²) < 4.78 is 10.2. The number of esters is 1. The van der Waals surface area contributed by atoms with E-state index >= 15 is 0 Å². The number of halogens is 1. The molecule has 6 nitrogen and oxygen atoms in total. The van der Waals surface area contributed by atoms with Crippen LogP contribution in [0.3, 0.4) is 0 Å². The second-order valence-electron chi connectivity index (χ2n) is 7.03. The number of ether oxygens (including phenoxy) is 2. The molecule has 0 spiro atoms. The van der Waals surface area contributed by atoms with Gasteiger partial charge in [-0.2, -0.15) is 0 Å². The number of anilines is 1. The zero-order chi connectivity index (χ0) is 23.3. The number of nitrogens with one attached hydrogen (secondary N) is 1. The first-order chi connectivity index (χ1) is 15.3. The van der Waals surface area contributed by atoms with Crippen LogP contribution in [0.4, 0.5) is 5.00 Å².